The fraction of sp³-hybridized carbons (Fsp3) is 0.375. The number of aromatic nitrogens is 1. The van der Waals surface area contributed by atoms with Gasteiger partial charge in [0.05, 0.1) is 5.56 Å². The number of rotatable bonds is 3. The van der Waals surface area contributed by atoms with Crippen LogP contribution in [-0.4, -0.2) is 27.5 Å². The summed E-state index contributed by atoms with van der Waals surface area (Å²) in [6.07, 6.45) is 5.32. The van der Waals surface area contributed by atoms with Crippen LogP contribution in [0.5, 0.6) is 0 Å². The first kappa shape index (κ1) is 13.7. The maximum absolute atomic E-state index is 12.5. The zero-order valence-corrected chi connectivity index (χ0v) is 11.7. The van der Waals surface area contributed by atoms with E-state index in [1.165, 1.54) is 0 Å². The van der Waals surface area contributed by atoms with Crippen molar-refractivity contribution in [1.29, 1.82) is 0 Å². The number of carbonyl (C=O) groups excluding carboxylic acids is 1. The van der Waals surface area contributed by atoms with E-state index in [9.17, 15) is 14.7 Å². The summed E-state index contributed by atoms with van der Waals surface area (Å²) >= 11 is 0. The number of nitrogens with one attached hydrogen (secondary N) is 2. The molecule has 5 nitrogen and oxygen atoms in total. The van der Waals surface area contributed by atoms with E-state index >= 15 is 0 Å². The average molecular weight is 286 g/mol. The molecule has 1 saturated carbocycles. The molecule has 110 valence electrons. The predicted molar refractivity (Wildman–Crippen MR) is 79.2 cm³/mol. The molecule has 0 spiro atoms. The van der Waals surface area contributed by atoms with Crippen LogP contribution in [0, 0.1) is 0 Å². The molecule has 0 bridgehead atoms. The summed E-state index contributed by atoms with van der Waals surface area (Å²) in [5, 5.41) is 13.1. The van der Waals surface area contributed by atoms with Crippen molar-refractivity contribution in [2.75, 3.05) is 0 Å². The molecule has 5 heteroatoms. The summed E-state index contributed by atoms with van der Waals surface area (Å²) in [5.41, 5.74) is 0.251. The van der Waals surface area contributed by atoms with Crippen LogP contribution in [0.2, 0.25) is 0 Å². The van der Waals surface area contributed by atoms with E-state index in [4.69, 9.17) is 0 Å². The first-order valence-electron chi connectivity index (χ1n) is 7.24. The molecule has 0 aliphatic heterocycles. The van der Waals surface area contributed by atoms with E-state index in [2.05, 4.69) is 10.3 Å². The van der Waals surface area contributed by atoms with E-state index in [0.29, 0.717) is 18.4 Å². The molecule has 1 fully saturated rings. The third-order valence-corrected chi connectivity index (χ3v) is 4.30. The first-order valence-corrected chi connectivity index (χ1v) is 7.24. The molecule has 1 aliphatic rings. The van der Waals surface area contributed by atoms with Crippen molar-refractivity contribution in [1.82, 2.24) is 10.3 Å². The lowest BCUT2D eigenvalue weighted by molar-refractivity contribution is -0.145. The van der Waals surface area contributed by atoms with Crippen LogP contribution in [0.15, 0.2) is 30.5 Å². The van der Waals surface area contributed by atoms with Crippen molar-refractivity contribution in [3.8, 4) is 0 Å². The van der Waals surface area contributed by atoms with Gasteiger partial charge in [-0.15, -0.1) is 0 Å². The number of carboxylic acids is 1. The van der Waals surface area contributed by atoms with Gasteiger partial charge in [-0.3, -0.25) is 4.79 Å². The summed E-state index contributed by atoms with van der Waals surface area (Å²) in [7, 11) is 0. The van der Waals surface area contributed by atoms with Crippen LogP contribution >= 0.6 is 0 Å². The van der Waals surface area contributed by atoms with Gasteiger partial charge in [0.2, 0.25) is 0 Å². The van der Waals surface area contributed by atoms with Crippen LogP contribution in [0.3, 0.4) is 0 Å². The highest BCUT2D eigenvalue weighted by molar-refractivity contribution is 6.08. The third-order valence-electron chi connectivity index (χ3n) is 4.30. The van der Waals surface area contributed by atoms with E-state index in [-0.39, 0.29) is 5.91 Å². The van der Waals surface area contributed by atoms with Crippen molar-refractivity contribution < 1.29 is 14.7 Å². The molecule has 0 atom stereocenters. The van der Waals surface area contributed by atoms with Crippen molar-refractivity contribution >= 4 is 22.8 Å². The highest BCUT2D eigenvalue weighted by atomic mass is 16.4. The number of benzene rings is 1. The maximum Gasteiger partial charge on any atom is 0.329 e. The van der Waals surface area contributed by atoms with E-state index in [1.54, 1.807) is 6.20 Å². The van der Waals surface area contributed by atoms with Gasteiger partial charge >= 0.3 is 5.97 Å². The summed E-state index contributed by atoms with van der Waals surface area (Å²) in [6, 6.07) is 7.50. The van der Waals surface area contributed by atoms with Crippen LogP contribution in [-0.2, 0) is 4.79 Å². The highest BCUT2D eigenvalue weighted by Gasteiger charge is 2.41. The van der Waals surface area contributed by atoms with Gasteiger partial charge in [-0.05, 0) is 18.9 Å². The molecule has 0 unspecified atom stereocenters. The number of carboxylic acid groups (broad SMARTS) is 1. The Bertz CT molecular complexity index is 684. The van der Waals surface area contributed by atoms with E-state index in [0.717, 1.165) is 30.2 Å². The molecular formula is C16H18N2O3. The molecule has 0 saturated heterocycles. The minimum Gasteiger partial charge on any atom is -0.480 e. The molecule has 1 aromatic heterocycles. The lowest BCUT2D eigenvalue weighted by Gasteiger charge is -2.33. The Kier molecular flexibility index (Phi) is 3.41. The SMILES string of the molecule is O=C(NC1(C(=O)O)CCCCC1)c1c[nH]c2ccccc12. The lowest BCUT2D eigenvalue weighted by Crippen LogP contribution is -2.55. The van der Waals surface area contributed by atoms with E-state index in [1.807, 2.05) is 24.3 Å². The standard InChI is InChI=1S/C16H18N2O3/c19-14(12-10-17-13-7-3-2-6-11(12)13)18-16(15(20)21)8-4-1-5-9-16/h2-3,6-7,10,17H,1,4-5,8-9H2,(H,18,19)(H,20,21). The zero-order valence-electron chi connectivity index (χ0n) is 11.7. The van der Waals surface area contributed by atoms with Crippen molar-refractivity contribution in [2.45, 2.75) is 37.6 Å². The second-order valence-corrected chi connectivity index (χ2v) is 5.65. The zero-order chi connectivity index (χ0) is 14.9. The Morgan fingerprint density at radius 2 is 1.86 bits per heavy atom. The Hall–Kier alpha value is -2.30. The van der Waals surface area contributed by atoms with Gasteiger partial charge in [0, 0.05) is 17.1 Å². The summed E-state index contributed by atoms with van der Waals surface area (Å²) in [5.74, 6) is -1.26. The average Bonchev–Trinajstić information content (AvgIpc) is 2.92. The normalized spacial score (nSPS) is 17.5. The van der Waals surface area contributed by atoms with Gasteiger partial charge in [-0.25, -0.2) is 4.79 Å². The summed E-state index contributed by atoms with van der Waals surface area (Å²) < 4.78 is 0. The fourth-order valence-electron chi connectivity index (χ4n) is 3.09. The monoisotopic (exact) mass is 286 g/mol. The summed E-state index contributed by atoms with van der Waals surface area (Å²) in [4.78, 5) is 27.2. The number of carbonyl (C=O) groups is 2. The van der Waals surface area contributed by atoms with E-state index < -0.39 is 11.5 Å². The molecular weight excluding hydrogens is 268 g/mol. The molecule has 3 N–H and O–H groups in total. The minimum absolute atomic E-state index is 0.322. The number of aromatic amines is 1. The van der Waals surface area contributed by atoms with Crippen LogP contribution < -0.4 is 5.32 Å². The molecule has 1 aliphatic carbocycles. The number of hydrogen-bond acceptors (Lipinski definition) is 2. The van der Waals surface area contributed by atoms with Crippen molar-refractivity contribution in [3.05, 3.63) is 36.0 Å². The van der Waals surface area contributed by atoms with Gasteiger partial charge in [-0.2, -0.15) is 0 Å². The number of aliphatic carboxylic acids is 1. The predicted octanol–water partition coefficient (Wildman–Crippen LogP) is 2.69. The van der Waals surface area contributed by atoms with Crippen LogP contribution in [0.25, 0.3) is 10.9 Å². The molecule has 2 aromatic rings. The Labute approximate surface area is 122 Å². The molecule has 1 amide bonds. The number of para-hydroxylation sites is 1. The molecule has 1 heterocycles. The second-order valence-electron chi connectivity index (χ2n) is 5.65. The Morgan fingerprint density at radius 3 is 2.57 bits per heavy atom. The number of hydrogen-bond donors (Lipinski definition) is 3. The topological polar surface area (TPSA) is 82.2 Å². The Balaban J connectivity index is 1.89. The molecule has 21 heavy (non-hydrogen) atoms. The van der Waals surface area contributed by atoms with Gasteiger partial charge in [0.15, 0.2) is 0 Å². The fourth-order valence-corrected chi connectivity index (χ4v) is 3.09. The van der Waals surface area contributed by atoms with Crippen LogP contribution in [0.1, 0.15) is 42.5 Å². The van der Waals surface area contributed by atoms with Gasteiger partial charge in [-0.1, -0.05) is 37.5 Å². The molecule has 1 aromatic carbocycles. The molecule has 0 radical (unpaired) electrons. The Morgan fingerprint density at radius 1 is 1.14 bits per heavy atom. The van der Waals surface area contributed by atoms with Crippen LogP contribution in [0.4, 0.5) is 0 Å². The largest absolute Gasteiger partial charge is 0.480 e. The second kappa shape index (κ2) is 5.24. The number of H-pyrrole nitrogens is 1. The van der Waals surface area contributed by atoms with Gasteiger partial charge in [0.1, 0.15) is 5.54 Å². The maximum atomic E-state index is 12.5. The van der Waals surface area contributed by atoms with Crippen molar-refractivity contribution in [3.63, 3.8) is 0 Å². The number of fused-ring (bicyclic) bond motifs is 1. The minimum atomic E-state index is -1.12. The third kappa shape index (κ3) is 2.39. The lowest BCUT2D eigenvalue weighted by atomic mass is 9.81. The number of amides is 1. The highest BCUT2D eigenvalue weighted by Crippen LogP contribution is 2.29. The molecule has 3 rings (SSSR count). The van der Waals surface area contributed by atoms with Gasteiger partial charge < -0.3 is 15.4 Å². The van der Waals surface area contributed by atoms with Gasteiger partial charge in [0.25, 0.3) is 5.91 Å². The first-order chi connectivity index (χ1) is 10.1. The summed E-state index contributed by atoms with van der Waals surface area (Å²) in [6.45, 7) is 0. The van der Waals surface area contributed by atoms with Crippen molar-refractivity contribution in [2.24, 2.45) is 0 Å². The quantitative estimate of drug-likeness (QED) is 0.811. The smallest absolute Gasteiger partial charge is 0.329 e.